The van der Waals surface area contributed by atoms with Gasteiger partial charge in [0.15, 0.2) is 5.96 Å². The quantitative estimate of drug-likeness (QED) is 0.352. The Morgan fingerprint density at radius 3 is 2.42 bits per heavy atom. The standard InChI is InChI=1S/C15H22BrF3N4.HI/c1-20-14(21-8-9-22(2)11-15(17,18)19)23(3)10-12-6-4-5-7-13(12)16;/h4-7H,8-11H2,1-3H3,(H,20,21);1H. The third kappa shape index (κ3) is 9.07. The average molecular weight is 523 g/mol. The zero-order valence-corrected chi connectivity index (χ0v) is 17.8. The number of alkyl halides is 3. The molecule has 0 aliphatic carbocycles. The van der Waals surface area contributed by atoms with Gasteiger partial charge in [-0.05, 0) is 18.7 Å². The number of nitrogens with zero attached hydrogens (tertiary/aromatic N) is 3. The van der Waals surface area contributed by atoms with Crippen molar-refractivity contribution in [1.82, 2.24) is 15.1 Å². The third-order valence-corrected chi connectivity index (χ3v) is 3.94. The molecular formula is C15H23BrF3IN4. The van der Waals surface area contributed by atoms with Crippen LogP contribution in [0.25, 0.3) is 0 Å². The Hall–Kier alpha value is -0.550. The molecule has 0 aliphatic heterocycles. The first-order valence-corrected chi connectivity index (χ1v) is 7.92. The number of hydrogen-bond acceptors (Lipinski definition) is 2. The summed E-state index contributed by atoms with van der Waals surface area (Å²) in [5.41, 5.74) is 1.10. The maximum atomic E-state index is 12.3. The van der Waals surface area contributed by atoms with Crippen molar-refractivity contribution >= 4 is 45.9 Å². The second-order valence-electron chi connectivity index (χ2n) is 5.27. The lowest BCUT2D eigenvalue weighted by molar-refractivity contribution is -0.142. The zero-order chi connectivity index (χ0) is 17.5. The van der Waals surface area contributed by atoms with Crippen LogP contribution in [0, 0.1) is 0 Å². The molecule has 1 rings (SSSR count). The molecule has 0 bridgehead atoms. The SMILES string of the molecule is CN=C(NCCN(C)CC(F)(F)F)N(C)Cc1ccccc1Br.I. The molecule has 1 aromatic carbocycles. The molecule has 0 saturated heterocycles. The number of aliphatic imine (C=N–C) groups is 1. The number of nitrogens with one attached hydrogen (secondary N) is 1. The normalized spacial score (nSPS) is 12.1. The van der Waals surface area contributed by atoms with Gasteiger partial charge in [-0.15, -0.1) is 24.0 Å². The lowest BCUT2D eigenvalue weighted by Gasteiger charge is -2.24. The van der Waals surface area contributed by atoms with Crippen LogP contribution in [-0.4, -0.2) is 62.7 Å². The fourth-order valence-electron chi connectivity index (χ4n) is 2.09. The van der Waals surface area contributed by atoms with E-state index in [1.165, 1.54) is 11.9 Å². The van der Waals surface area contributed by atoms with E-state index in [4.69, 9.17) is 0 Å². The highest BCUT2D eigenvalue weighted by Gasteiger charge is 2.28. The van der Waals surface area contributed by atoms with Gasteiger partial charge < -0.3 is 10.2 Å². The Morgan fingerprint density at radius 1 is 1.25 bits per heavy atom. The zero-order valence-electron chi connectivity index (χ0n) is 13.9. The van der Waals surface area contributed by atoms with Crippen LogP contribution in [0.2, 0.25) is 0 Å². The second kappa shape index (κ2) is 11.1. The van der Waals surface area contributed by atoms with Gasteiger partial charge in [-0.3, -0.25) is 9.89 Å². The summed E-state index contributed by atoms with van der Waals surface area (Å²) in [4.78, 5) is 7.31. The lowest BCUT2D eigenvalue weighted by atomic mass is 10.2. The maximum absolute atomic E-state index is 12.3. The first-order chi connectivity index (χ1) is 10.7. The molecule has 0 saturated carbocycles. The number of rotatable bonds is 6. The van der Waals surface area contributed by atoms with E-state index in [9.17, 15) is 13.2 Å². The Labute approximate surface area is 166 Å². The molecule has 24 heavy (non-hydrogen) atoms. The Morgan fingerprint density at radius 2 is 1.88 bits per heavy atom. The number of likely N-dealkylation sites (N-methyl/N-ethyl adjacent to an activating group) is 1. The summed E-state index contributed by atoms with van der Waals surface area (Å²) >= 11 is 3.50. The van der Waals surface area contributed by atoms with Gasteiger partial charge in [-0.25, -0.2) is 0 Å². The number of guanidine groups is 1. The second-order valence-corrected chi connectivity index (χ2v) is 6.13. The van der Waals surface area contributed by atoms with Crippen molar-refractivity contribution in [2.45, 2.75) is 12.7 Å². The Balaban J connectivity index is 0.00000529. The molecule has 0 aliphatic rings. The highest BCUT2D eigenvalue weighted by Crippen LogP contribution is 2.17. The summed E-state index contributed by atoms with van der Waals surface area (Å²) in [6.45, 7) is 0.389. The molecule has 0 spiro atoms. The van der Waals surface area contributed by atoms with Crippen LogP contribution in [0.15, 0.2) is 33.7 Å². The van der Waals surface area contributed by atoms with E-state index < -0.39 is 12.7 Å². The average Bonchev–Trinajstić information content (AvgIpc) is 2.44. The van der Waals surface area contributed by atoms with Gasteiger partial charge in [0.2, 0.25) is 0 Å². The summed E-state index contributed by atoms with van der Waals surface area (Å²) < 4.78 is 37.8. The predicted octanol–water partition coefficient (Wildman–Crippen LogP) is 3.57. The molecule has 0 aromatic heterocycles. The van der Waals surface area contributed by atoms with E-state index in [1.54, 1.807) is 7.05 Å². The van der Waals surface area contributed by atoms with E-state index in [2.05, 4.69) is 26.2 Å². The van der Waals surface area contributed by atoms with Gasteiger partial charge in [0.05, 0.1) is 6.54 Å². The minimum atomic E-state index is -4.17. The molecule has 0 amide bonds. The third-order valence-electron chi connectivity index (χ3n) is 3.16. The lowest BCUT2D eigenvalue weighted by Crippen LogP contribution is -2.43. The van der Waals surface area contributed by atoms with Crippen LogP contribution >= 0.6 is 39.9 Å². The summed E-state index contributed by atoms with van der Waals surface area (Å²) in [5.74, 6) is 0.640. The summed E-state index contributed by atoms with van der Waals surface area (Å²) in [5, 5.41) is 3.08. The van der Waals surface area contributed by atoms with Crippen LogP contribution in [0.1, 0.15) is 5.56 Å². The van der Waals surface area contributed by atoms with Gasteiger partial charge in [0, 0.05) is 38.2 Å². The van der Waals surface area contributed by atoms with Crippen molar-refractivity contribution in [2.75, 3.05) is 40.8 Å². The minimum Gasteiger partial charge on any atom is -0.355 e. The number of benzene rings is 1. The Bertz CT molecular complexity index is 526. The van der Waals surface area contributed by atoms with Gasteiger partial charge in [-0.1, -0.05) is 34.1 Å². The van der Waals surface area contributed by atoms with Gasteiger partial charge >= 0.3 is 6.18 Å². The summed E-state index contributed by atoms with van der Waals surface area (Å²) in [6.07, 6.45) is -4.17. The highest BCUT2D eigenvalue weighted by molar-refractivity contribution is 14.0. The van der Waals surface area contributed by atoms with E-state index in [1.807, 2.05) is 36.2 Å². The van der Waals surface area contributed by atoms with E-state index in [0.717, 1.165) is 10.0 Å². The van der Waals surface area contributed by atoms with Crippen molar-refractivity contribution in [3.8, 4) is 0 Å². The van der Waals surface area contributed by atoms with Crippen molar-refractivity contribution in [3.63, 3.8) is 0 Å². The maximum Gasteiger partial charge on any atom is 0.401 e. The first-order valence-electron chi connectivity index (χ1n) is 7.13. The number of hydrogen-bond donors (Lipinski definition) is 1. The molecule has 138 valence electrons. The molecule has 1 N–H and O–H groups in total. The van der Waals surface area contributed by atoms with Crippen LogP contribution in [0.3, 0.4) is 0 Å². The molecular weight excluding hydrogens is 500 g/mol. The summed E-state index contributed by atoms with van der Waals surface area (Å²) in [7, 11) is 4.98. The fraction of sp³-hybridized carbons (Fsp3) is 0.533. The van der Waals surface area contributed by atoms with Crippen LogP contribution in [0.4, 0.5) is 13.2 Å². The van der Waals surface area contributed by atoms with Crippen molar-refractivity contribution in [3.05, 3.63) is 34.3 Å². The van der Waals surface area contributed by atoms with Crippen LogP contribution in [0.5, 0.6) is 0 Å². The molecule has 0 unspecified atom stereocenters. The molecule has 0 heterocycles. The number of halogens is 5. The van der Waals surface area contributed by atoms with Crippen molar-refractivity contribution < 1.29 is 13.2 Å². The molecule has 9 heteroatoms. The highest BCUT2D eigenvalue weighted by atomic mass is 127. The molecule has 1 aromatic rings. The fourth-order valence-corrected chi connectivity index (χ4v) is 2.50. The van der Waals surface area contributed by atoms with Gasteiger partial charge in [0.1, 0.15) is 0 Å². The minimum absolute atomic E-state index is 0. The van der Waals surface area contributed by atoms with E-state index in [-0.39, 0.29) is 30.5 Å². The Kier molecular flexibility index (Phi) is 10.9. The van der Waals surface area contributed by atoms with E-state index in [0.29, 0.717) is 19.0 Å². The predicted molar refractivity (Wildman–Crippen MR) is 106 cm³/mol. The molecule has 0 atom stereocenters. The molecule has 4 nitrogen and oxygen atoms in total. The van der Waals surface area contributed by atoms with Gasteiger partial charge in [0.25, 0.3) is 0 Å². The van der Waals surface area contributed by atoms with Crippen LogP contribution in [-0.2, 0) is 6.54 Å². The topological polar surface area (TPSA) is 30.9 Å². The monoisotopic (exact) mass is 522 g/mol. The molecule has 0 radical (unpaired) electrons. The van der Waals surface area contributed by atoms with Crippen molar-refractivity contribution in [1.29, 1.82) is 0 Å². The molecule has 0 fully saturated rings. The van der Waals surface area contributed by atoms with Crippen molar-refractivity contribution in [2.24, 2.45) is 4.99 Å². The smallest absolute Gasteiger partial charge is 0.355 e. The largest absolute Gasteiger partial charge is 0.401 e. The van der Waals surface area contributed by atoms with Gasteiger partial charge in [-0.2, -0.15) is 13.2 Å². The summed E-state index contributed by atoms with van der Waals surface area (Å²) in [6, 6.07) is 7.86. The van der Waals surface area contributed by atoms with Crippen LogP contribution < -0.4 is 5.32 Å². The first kappa shape index (κ1) is 23.4. The van der Waals surface area contributed by atoms with E-state index >= 15 is 0 Å².